The van der Waals surface area contributed by atoms with Crippen LogP contribution in [-0.2, 0) is 10.0 Å². The number of rotatable bonds is 6. The van der Waals surface area contributed by atoms with Gasteiger partial charge < -0.3 is 15.1 Å². The molecule has 31 heavy (non-hydrogen) atoms. The minimum atomic E-state index is -3.65. The topological polar surface area (TPSA) is 73.0 Å². The van der Waals surface area contributed by atoms with Gasteiger partial charge in [-0.05, 0) is 69.8 Å². The number of anilines is 2. The van der Waals surface area contributed by atoms with Crippen molar-refractivity contribution in [3.63, 3.8) is 0 Å². The van der Waals surface area contributed by atoms with Gasteiger partial charge in [-0.25, -0.2) is 8.42 Å². The highest BCUT2D eigenvalue weighted by Crippen LogP contribution is 2.25. The number of piperazine rings is 1. The Morgan fingerprint density at radius 1 is 1.06 bits per heavy atom. The zero-order valence-electron chi connectivity index (χ0n) is 18.9. The quantitative estimate of drug-likeness (QED) is 0.742. The van der Waals surface area contributed by atoms with E-state index in [1.54, 1.807) is 12.1 Å². The molecule has 1 heterocycles. The normalized spacial score (nSPS) is 15.5. The largest absolute Gasteiger partial charge is 0.369 e. The van der Waals surface area contributed by atoms with Crippen LogP contribution in [0.4, 0.5) is 11.4 Å². The molecule has 0 saturated carbocycles. The molecule has 1 aliphatic rings. The fourth-order valence-corrected chi connectivity index (χ4v) is 4.90. The molecule has 1 amide bonds. The fourth-order valence-electron chi connectivity index (χ4n) is 3.49. The van der Waals surface area contributed by atoms with Gasteiger partial charge in [0.1, 0.15) is 0 Å². The van der Waals surface area contributed by atoms with Crippen molar-refractivity contribution in [1.29, 1.82) is 0 Å². The van der Waals surface area contributed by atoms with Crippen LogP contribution in [0.25, 0.3) is 0 Å². The van der Waals surface area contributed by atoms with Gasteiger partial charge in [-0.1, -0.05) is 6.07 Å². The van der Waals surface area contributed by atoms with Crippen LogP contribution in [0, 0.1) is 6.92 Å². The summed E-state index contributed by atoms with van der Waals surface area (Å²) < 4.78 is 26.8. The monoisotopic (exact) mass is 444 g/mol. The van der Waals surface area contributed by atoms with E-state index in [0.717, 1.165) is 43.1 Å². The Bertz CT molecular complexity index is 1040. The molecule has 2 aromatic carbocycles. The van der Waals surface area contributed by atoms with Crippen molar-refractivity contribution in [3.05, 3.63) is 53.6 Å². The molecule has 1 N–H and O–H groups in total. The average molecular weight is 445 g/mol. The summed E-state index contributed by atoms with van der Waals surface area (Å²) in [6, 6.07) is 12.0. The van der Waals surface area contributed by atoms with Crippen molar-refractivity contribution in [2.45, 2.75) is 31.7 Å². The van der Waals surface area contributed by atoms with Crippen molar-refractivity contribution < 1.29 is 13.2 Å². The third kappa shape index (κ3) is 5.26. The third-order valence-corrected chi connectivity index (χ3v) is 7.86. The molecule has 7 nitrogen and oxygen atoms in total. The summed E-state index contributed by atoms with van der Waals surface area (Å²) in [5, 5.41) is 2.92. The number of hydrogen-bond donors (Lipinski definition) is 1. The molecule has 168 valence electrons. The molecule has 8 heteroatoms. The number of sulfonamides is 1. The molecule has 2 aromatic rings. The zero-order chi connectivity index (χ0) is 22.8. The van der Waals surface area contributed by atoms with Crippen LogP contribution in [0.3, 0.4) is 0 Å². The van der Waals surface area contributed by atoms with E-state index in [2.05, 4.69) is 28.2 Å². The second kappa shape index (κ2) is 9.38. The summed E-state index contributed by atoms with van der Waals surface area (Å²) >= 11 is 0. The molecule has 0 bridgehead atoms. The maximum atomic E-state index is 12.8. The van der Waals surface area contributed by atoms with E-state index in [-0.39, 0.29) is 16.8 Å². The van der Waals surface area contributed by atoms with Gasteiger partial charge in [-0.3, -0.25) is 4.79 Å². The van der Waals surface area contributed by atoms with Gasteiger partial charge >= 0.3 is 0 Å². The number of amides is 1. The average Bonchev–Trinajstić information content (AvgIpc) is 2.75. The molecule has 0 radical (unpaired) electrons. The Morgan fingerprint density at radius 3 is 2.35 bits per heavy atom. The van der Waals surface area contributed by atoms with Crippen LogP contribution in [0.5, 0.6) is 0 Å². The Kier molecular flexibility index (Phi) is 7.03. The number of likely N-dealkylation sites (N-methyl/N-ethyl adjacent to an activating group) is 1. The molecule has 0 spiro atoms. The van der Waals surface area contributed by atoms with Crippen LogP contribution in [-0.4, -0.2) is 69.8 Å². The summed E-state index contributed by atoms with van der Waals surface area (Å²) in [6.45, 7) is 9.60. The summed E-state index contributed by atoms with van der Waals surface area (Å²) in [6.07, 6.45) is 0. The van der Waals surface area contributed by atoms with E-state index in [1.807, 2.05) is 32.9 Å². The Labute approximate surface area is 185 Å². The summed E-state index contributed by atoms with van der Waals surface area (Å²) in [7, 11) is 0.0141. The van der Waals surface area contributed by atoms with Crippen LogP contribution in [0.2, 0.25) is 0 Å². The van der Waals surface area contributed by atoms with Crippen LogP contribution in [0.1, 0.15) is 29.8 Å². The summed E-state index contributed by atoms with van der Waals surface area (Å²) in [5.41, 5.74) is 3.14. The number of nitrogens with one attached hydrogen (secondary N) is 1. The van der Waals surface area contributed by atoms with Gasteiger partial charge in [0.25, 0.3) is 5.91 Å². The highest BCUT2D eigenvalue weighted by Gasteiger charge is 2.24. The van der Waals surface area contributed by atoms with Gasteiger partial charge in [0.15, 0.2) is 0 Å². The van der Waals surface area contributed by atoms with Crippen molar-refractivity contribution in [2.24, 2.45) is 0 Å². The Morgan fingerprint density at radius 2 is 1.74 bits per heavy atom. The number of benzene rings is 2. The first kappa shape index (κ1) is 23.2. The van der Waals surface area contributed by atoms with E-state index >= 15 is 0 Å². The highest BCUT2D eigenvalue weighted by molar-refractivity contribution is 7.89. The highest BCUT2D eigenvalue weighted by atomic mass is 32.2. The van der Waals surface area contributed by atoms with E-state index in [9.17, 15) is 13.2 Å². The molecule has 0 aliphatic carbocycles. The number of aryl methyl sites for hydroxylation is 1. The maximum absolute atomic E-state index is 12.8. The van der Waals surface area contributed by atoms with Crippen molar-refractivity contribution in [3.8, 4) is 0 Å². The van der Waals surface area contributed by atoms with E-state index < -0.39 is 10.0 Å². The van der Waals surface area contributed by atoms with Crippen LogP contribution < -0.4 is 10.2 Å². The first-order valence-corrected chi connectivity index (χ1v) is 12.0. The minimum absolute atomic E-state index is 0.110. The molecule has 1 fully saturated rings. The third-order valence-electron chi connectivity index (χ3n) is 5.83. The lowest BCUT2D eigenvalue weighted by molar-refractivity contribution is 0.102. The predicted octanol–water partition coefficient (Wildman–Crippen LogP) is 3.03. The smallest absolute Gasteiger partial charge is 0.255 e. The molecule has 0 aromatic heterocycles. The standard InChI is InChI=1S/C23H32N4O3S/c1-17(2)26(5)31(29,30)21-8-6-7-19(16-21)23(28)24-22-10-9-20(15-18(22)3)27-13-11-25(4)12-14-27/h6-10,15-17H,11-14H2,1-5H3,(H,24,28). The van der Waals surface area contributed by atoms with Crippen molar-refractivity contribution >= 4 is 27.3 Å². The molecule has 1 aliphatic heterocycles. The van der Waals surface area contributed by atoms with Gasteiger partial charge in [0.05, 0.1) is 4.90 Å². The van der Waals surface area contributed by atoms with E-state index in [1.165, 1.54) is 23.5 Å². The predicted molar refractivity (Wildman–Crippen MR) is 125 cm³/mol. The van der Waals surface area contributed by atoms with Gasteiger partial charge in [0, 0.05) is 56.2 Å². The van der Waals surface area contributed by atoms with E-state index in [4.69, 9.17) is 0 Å². The van der Waals surface area contributed by atoms with Gasteiger partial charge in [-0.15, -0.1) is 0 Å². The molecule has 0 atom stereocenters. The number of carbonyl (C=O) groups excluding carboxylic acids is 1. The Balaban J connectivity index is 1.76. The SMILES string of the molecule is Cc1cc(N2CCN(C)CC2)ccc1NC(=O)c1cccc(S(=O)(=O)N(C)C(C)C)c1. The fraction of sp³-hybridized carbons (Fsp3) is 0.435. The van der Waals surface area contributed by atoms with Gasteiger partial charge in [0.2, 0.25) is 10.0 Å². The van der Waals surface area contributed by atoms with Crippen LogP contribution >= 0.6 is 0 Å². The molecule has 1 saturated heterocycles. The number of nitrogens with zero attached hydrogens (tertiary/aromatic N) is 3. The second-order valence-corrected chi connectivity index (χ2v) is 10.4. The lowest BCUT2D eigenvalue weighted by Gasteiger charge is -2.34. The molecular formula is C23H32N4O3S. The zero-order valence-corrected chi connectivity index (χ0v) is 19.7. The van der Waals surface area contributed by atoms with Crippen molar-refractivity contribution in [1.82, 2.24) is 9.21 Å². The summed E-state index contributed by atoms with van der Waals surface area (Å²) in [5.74, 6) is -0.334. The number of carbonyl (C=O) groups is 1. The minimum Gasteiger partial charge on any atom is -0.369 e. The molecule has 0 unspecified atom stereocenters. The lowest BCUT2D eigenvalue weighted by Crippen LogP contribution is -2.44. The number of hydrogen-bond acceptors (Lipinski definition) is 5. The van der Waals surface area contributed by atoms with Crippen molar-refractivity contribution in [2.75, 3.05) is 50.5 Å². The first-order chi connectivity index (χ1) is 14.6. The summed E-state index contributed by atoms with van der Waals surface area (Å²) in [4.78, 5) is 17.6. The van der Waals surface area contributed by atoms with E-state index in [0.29, 0.717) is 5.56 Å². The molecule has 3 rings (SSSR count). The maximum Gasteiger partial charge on any atom is 0.255 e. The lowest BCUT2D eigenvalue weighted by atomic mass is 10.1. The van der Waals surface area contributed by atoms with Crippen LogP contribution in [0.15, 0.2) is 47.4 Å². The first-order valence-electron chi connectivity index (χ1n) is 10.5. The second-order valence-electron chi connectivity index (χ2n) is 8.39. The van der Waals surface area contributed by atoms with Gasteiger partial charge in [-0.2, -0.15) is 4.31 Å². The Hall–Kier alpha value is -2.42. The molecular weight excluding hydrogens is 412 g/mol.